The number of hydrogen-bond donors (Lipinski definition) is 1. The minimum atomic E-state index is -0.120. The van der Waals surface area contributed by atoms with E-state index in [9.17, 15) is 4.79 Å². The summed E-state index contributed by atoms with van der Waals surface area (Å²) in [6, 6.07) is 0. The molecule has 0 aromatic carbocycles. The lowest BCUT2D eigenvalue weighted by Crippen LogP contribution is -2.24. The first-order valence-corrected chi connectivity index (χ1v) is 6.47. The van der Waals surface area contributed by atoms with Crippen molar-refractivity contribution >= 4 is 21.6 Å². The first-order chi connectivity index (χ1) is 8.72. The summed E-state index contributed by atoms with van der Waals surface area (Å²) < 4.78 is 3.89. The highest BCUT2D eigenvalue weighted by molar-refractivity contribution is 9.10. The number of anilines is 1. The van der Waals surface area contributed by atoms with E-state index in [1.54, 1.807) is 18.7 Å². The van der Waals surface area contributed by atoms with Gasteiger partial charge in [0, 0.05) is 32.0 Å². The second-order valence-corrected chi connectivity index (χ2v) is 4.51. The van der Waals surface area contributed by atoms with Crippen LogP contribution in [0.3, 0.4) is 0 Å². The average molecular weight is 312 g/mol. The van der Waals surface area contributed by atoms with E-state index in [0.29, 0.717) is 23.2 Å². The summed E-state index contributed by atoms with van der Waals surface area (Å²) in [5.41, 5.74) is 0.593. The maximum absolute atomic E-state index is 11.8. The fraction of sp³-hybridized carbons (Fsp3) is 0.364. The maximum atomic E-state index is 11.8. The van der Waals surface area contributed by atoms with Crippen molar-refractivity contribution in [3.63, 3.8) is 0 Å². The Morgan fingerprint density at radius 3 is 3.00 bits per heavy atom. The van der Waals surface area contributed by atoms with Crippen molar-refractivity contribution in [2.24, 2.45) is 0 Å². The molecule has 0 saturated heterocycles. The number of imidazole rings is 1. The van der Waals surface area contributed by atoms with Crippen LogP contribution in [0.4, 0.5) is 5.69 Å². The Morgan fingerprint density at radius 2 is 2.33 bits per heavy atom. The van der Waals surface area contributed by atoms with Gasteiger partial charge in [-0.2, -0.15) is 5.10 Å². The van der Waals surface area contributed by atoms with Crippen LogP contribution in [0, 0.1) is 0 Å². The normalized spacial score (nSPS) is 10.6. The molecule has 0 bridgehead atoms. The molecular weight excluding hydrogens is 298 g/mol. The van der Waals surface area contributed by atoms with Crippen LogP contribution in [-0.2, 0) is 13.1 Å². The lowest BCUT2D eigenvalue weighted by atomic mass is 10.4. The molecule has 0 fully saturated rings. The molecule has 0 amide bonds. The summed E-state index contributed by atoms with van der Waals surface area (Å²) in [5, 5.41) is 7.24. The van der Waals surface area contributed by atoms with Gasteiger partial charge in [0.15, 0.2) is 0 Å². The van der Waals surface area contributed by atoms with Gasteiger partial charge in [0.05, 0.1) is 18.2 Å². The molecule has 0 radical (unpaired) electrons. The quantitative estimate of drug-likeness (QED) is 0.905. The molecule has 2 heterocycles. The molecule has 7 heteroatoms. The van der Waals surface area contributed by atoms with Gasteiger partial charge in [-0.3, -0.25) is 4.79 Å². The van der Waals surface area contributed by atoms with Gasteiger partial charge in [-0.15, -0.1) is 0 Å². The third-order valence-electron chi connectivity index (χ3n) is 2.53. The molecule has 0 aliphatic heterocycles. The molecular formula is C11H14BrN5O. The Morgan fingerprint density at radius 1 is 1.50 bits per heavy atom. The molecule has 0 spiro atoms. The highest BCUT2D eigenvalue weighted by atomic mass is 79.9. The second kappa shape index (κ2) is 5.81. The summed E-state index contributed by atoms with van der Waals surface area (Å²) in [5.74, 6) is 0. The smallest absolute Gasteiger partial charge is 0.283 e. The number of aryl methyl sites for hydroxylation is 1. The van der Waals surface area contributed by atoms with Crippen LogP contribution in [-0.4, -0.2) is 25.9 Å². The van der Waals surface area contributed by atoms with E-state index in [1.807, 2.05) is 17.7 Å². The Hall–Kier alpha value is -1.63. The topological polar surface area (TPSA) is 64.7 Å². The number of hydrogen-bond acceptors (Lipinski definition) is 4. The minimum absolute atomic E-state index is 0.120. The molecule has 0 unspecified atom stereocenters. The zero-order valence-corrected chi connectivity index (χ0v) is 11.6. The first kappa shape index (κ1) is 12.8. The Kier molecular flexibility index (Phi) is 4.14. The van der Waals surface area contributed by atoms with E-state index >= 15 is 0 Å². The van der Waals surface area contributed by atoms with E-state index < -0.39 is 0 Å². The van der Waals surface area contributed by atoms with Crippen molar-refractivity contribution in [1.29, 1.82) is 0 Å². The molecule has 6 nitrogen and oxygen atoms in total. The van der Waals surface area contributed by atoms with E-state index in [4.69, 9.17) is 0 Å². The van der Waals surface area contributed by atoms with E-state index in [2.05, 4.69) is 31.3 Å². The summed E-state index contributed by atoms with van der Waals surface area (Å²) in [4.78, 5) is 15.8. The molecule has 1 N–H and O–H groups in total. The van der Waals surface area contributed by atoms with Gasteiger partial charge >= 0.3 is 0 Å². The van der Waals surface area contributed by atoms with Gasteiger partial charge in [0.2, 0.25) is 0 Å². The third kappa shape index (κ3) is 2.79. The largest absolute Gasteiger partial charge is 0.381 e. The summed E-state index contributed by atoms with van der Waals surface area (Å²) in [6.07, 6.45) is 7.04. The Balaban J connectivity index is 2.02. The fourth-order valence-electron chi connectivity index (χ4n) is 1.55. The number of halogens is 1. The van der Waals surface area contributed by atoms with Crippen molar-refractivity contribution in [3.8, 4) is 0 Å². The van der Waals surface area contributed by atoms with Crippen LogP contribution in [0.5, 0.6) is 0 Å². The van der Waals surface area contributed by atoms with Crippen molar-refractivity contribution in [3.05, 3.63) is 39.7 Å². The number of rotatable bonds is 5. The van der Waals surface area contributed by atoms with Crippen LogP contribution < -0.4 is 10.9 Å². The molecule has 0 aliphatic carbocycles. The minimum Gasteiger partial charge on any atom is -0.381 e. The van der Waals surface area contributed by atoms with Crippen LogP contribution in [0.1, 0.15) is 6.92 Å². The van der Waals surface area contributed by atoms with Crippen molar-refractivity contribution in [1.82, 2.24) is 19.3 Å². The zero-order chi connectivity index (χ0) is 13.0. The van der Waals surface area contributed by atoms with Crippen LogP contribution in [0.15, 0.2) is 34.2 Å². The van der Waals surface area contributed by atoms with Gasteiger partial charge in [0.1, 0.15) is 4.47 Å². The van der Waals surface area contributed by atoms with Crippen molar-refractivity contribution in [2.45, 2.75) is 20.0 Å². The standard InChI is InChI=1S/C11H14BrN5O/c1-2-17-11(18)10(12)9(7-15-17)14-4-6-16-5-3-13-8-16/h3,5,7-8,14H,2,4,6H2,1H3. The molecule has 0 atom stereocenters. The van der Waals surface area contributed by atoms with Crippen LogP contribution >= 0.6 is 15.9 Å². The van der Waals surface area contributed by atoms with Gasteiger partial charge in [-0.1, -0.05) is 0 Å². The van der Waals surface area contributed by atoms with Gasteiger partial charge in [0.25, 0.3) is 5.56 Å². The average Bonchev–Trinajstić information content (AvgIpc) is 2.88. The monoisotopic (exact) mass is 311 g/mol. The molecule has 2 aromatic rings. The van der Waals surface area contributed by atoms with Gasteiger partial charge < -0.3 is 9.88 Å². The first-order valence-electron chi connectivity index (χ1n) is 5.67. The van der Waals surface area contributed by atoms with Gasteiger partial charge in [-0.25, -0.2) is 9.67 Å². The summed E-state index contributed by atoms with van der Waals surface area (Å²) in [7, 11) is 0. The molecule has 2 aromatic heterocycles. The highest BCUT2D eigenvalue weighted by Gasteiger charge is 2.06. The summed E-state index contributed by atoms with van der Waals surface area (Å²) in [6.45, 7) is 3.93. The van der Waals surface area contributed by atoms with Crippen LogP contribution in [0.25, 0.3) is 0 Å². The van der Waals surface area contributed by atoms with E-state index in [1.165, 1.54) is 4.68 Å². The Labute approximate surface area is 113 Å². The summed E-state index contributed by atoms with van der Waals surface area (Å²) >= 11 is 3.30. The lowest BCUT2D eigenvalue weighted by Gasteiger charge is -2.09. The molecule has 18 heavy (non-hydrogen) atoms. The predicted octanol–water partition coefficient (Wildman–Crippen LogP) is 1.33. The zero-order valence-electron chi connectivity index (χ0n) is 10.0. The highest BCUT2D eigenvalue weighted by Crippen LogP contribution is 2.15. The van der Waals surface area contributed by atoms with Crippen molar-refractivity contribution in [2.75, 3.05) is 11.9 Å². The number of aromatic nitrogens is 4. The SMILES string of the molecule is CCn1ncc(NCCn2ccnc2)c(Br)c1=O. The molecule has 0 saturated carbocycles. The molecule has 0 aliphatic rings. The van der Waals surface area contributed by atoms with Gasteiger partial charge in [-0.05, 0) is 22.9 Å². The lowest BCUT2D eigenvalue weighted by molar-refractivity contribution is 0.612. The molecule has 96 valence electrons. The van der Waals surface area contributed by atoms with E-state index in [0.717, 1.165) is 6.54 Å². The van der Waals surface area contributed by atoms with E-state index in [-0.39, 0.29) is 5.56 Å². The molecule has 2 rings (SSSR count). The third-order valence-corrected chi connectivity index (χ3v) is 3.30. The number of nitrogens with zero attached hydrogens (tertiary/aromatic N) is 4. The van der Waals surface area contributed by atoms with Crippen LogP contribution in [0.2, 0.25) is 0 Å². The van der Waals surface area contributed by atoms with Crippen molar-refractivity contribution < 1.29 is 0 Å². The predicted molar refractivity (Wildman–Crippen MR) is 72.6 cm³/mol. The number of nitrogens with one attached hydrogen (secondary N) is 1. The maximum Gasteiger partial charge on any atom is 0.283 e. The Bertz CT molecular complexity index is 563. The second-order valence-electron chi connectivity index (χ2n) is 3.72. The fourth-order valence-corrected chi connectivity index (χ4v) is 2.00.